The summed E-state index contributed by atoms with van der Waals surface area (Å²) < 4.78 is 3.13. The Kier molecular flexibility index (Phi) is 10.4. The molecule has 1 spiro atoms. The molecule has 5 fully saturated rings. The fourth-order valence-electron chi connectivity index (χ4n) is 11.4. The number of likely N-dealkylation sites (tertiary alicyclic amines) is 1. The fraction of sp³-hybridized carbons (Fsp3) is 0.543. The number of carbonyl (C=O) groups excluding carboxylic acids is 3. The molecule has 12 nitrogen and oxygen atoms in total. The van der Waals surface area contributed by atoms with E-state index < -0.39 is 5.92 Å². The summed E-state index contributed by atoms with van der Waals surface area (Å²) >= 11 is 3.66. The zero-order valence-corrected chi connectivity index (χ0v) is 35.3. The number of aromatic nitrogens is 4. The number of amides is 3. The van der Waals surface area contributed by atoms with Crippen molar-refractivity contribution < 1.29 is 14.4 Å². The Morgan fingerprint density at radius 1 is 0.831 bits per heavy atom. The molecule has 4 aromatic rings. The number of fused-ring (bicyclic) bond motifs is 7. The number of nitrogens with zero attached hydrogens (tertiary/aromatic N) is 7. The van der Waals surface area contributed by atoms with E-state index in [1.807, 2.05) is 29.2 Å². The normalized spacial score (nSPS) is 24.9. The summed E-state index contributed by atoms with van der Waals surface area (Å²) in [6.07, 6.45) is 12.8. The molecule has 0 radical (unpaired) electrons. The van der Waals surface area contributed by atoms with Crippen LogP contribution in [-0.4, -0.2) is 93.1 Å². The average Bonchev–Trinajstić information content (AvgIpc) is 3.51. The molecule has 3 saturated heterocycles. The predicted molar refractivity (Wildman–Crippen MR) is 229 cm³/mol. The highest BCUT2D eigenvalue weighted by Gasteiger charge is 2.47. The number of nitrogens with one attached hydrogen (secondary N) is 1. The highest BCUT2D eigenvalue weighted by atomic mass is 79.9. The van der Waals surface area contributed by atoms with E-state index >= 15 is 0 Å². The molecule has 4 aliphatic heterocycles. The second-order valence-electron chi connectivity index (χ2n) is 18.1. The highest BCUT2D eigenvalue weighted by Crippen LogP contribution is 2.52. The second kappa shape index (κ2) is 15.8. The molecular formula is C46H53BrN8O4. The Hall–Kier alpha value is -4.49. The Morgan fingerprint density at radius 2 is 1.61 bits per heavy atom. The molecule has 308 valence electrons. The van der Waals surface area contributed by atoms with Gasteiger partial charge in [0.15, 0.2) is 5.82 Å². The fourth-order valence-corrected chi connectivity index (χ4v) is 12.0. The molecule has 2 saturated carbocycles. The van der Waals surface area contributed by atoms with Crippen molar-refractivity contribution in [2.45, 2.75) is 101 Å². The monoisotopic (exact) mass is 860 g/mol. The van der Waals surface area contributed by atoms with E-state index in [1.54, 1.807) is 0 Å². The molecule has 6 aliphatic rings. The molecule has 10 rings (SSSR count). The van der Waals surface area contributed by atoms with Gasteiger partial charge in [-0.25, -0.2) is 0 Å². The zero-order chi connectivity index (χ0) is 40.3. The van der Waals surface area contributed by atoms with E-state index in [2.05, 4.69) is 70.1 Å². The maximum atomic E-state index is 13.6. The summed E-state index contributed by atoms with van der Waals surface area (Å²) in [6.45, 7) is 6.07. The first-order valence-electron chi connectivity index (χ1n) is 22.1. The Bertz CT molecular complexity index is 2340. The lowest BCUT2D eigenvalue weighted by molar-refractivity contribution is -0.137. The van der Waals surface area contributed by atoms with Crippen molar-refractivity contribution >= 4 is 50.4 Å². The van der Waals surface area contributed by atoms with Gasteiger partial charge in [-0.1, -0.05) is 37.5 Å². The smallest absolute Gasteiger partial charge is 0.281 e. The van der Waals surface area contributed by atoms with E-state index in [9.17, 15) is 19.2 Å². The van der Waals surface area contributed by atoms with Crippen LogP contribution in [0.5, 0.6) is 0 Å². The first-order valence-corrected chi connectivity index (χ1v) is 22.8. The molecule has 59 heavy (non-hydrogen) atoms. The van der Waals surface area contributed by atoms with Gasteiger partial charge in [-0.3, -0.25) is 29.1 Å². The number of piperidine rings is 2. The number of carbonyl (C=O) groups is 3. The Labute approximate surface area is 353 Å². The molecule has 13 heteroatoms. The predicted octanol–water partition coefficient (Wildman–Crippen LogP) is 6.36. The van der Waals surface area contributed by atoms with Crippen LogP contribution in [0.1, 0.15) is 118 Å². The van der Waals surface area contributed by atoms with Gasteiger partial charge >= 0.3 is 0 Å². The molecule has 2 aromatic heterocycles. The molecular weight excluding hydrogens is 808 g/mol. The van der Waals surface area contributed by atoms with Crippen LogP contribution >= 0.6 is 15.9 Å². The van der Waals surface area contributed by atoms with Crippen molar-refractivity contribution in [3.05, 3.63) is 86.0 Å². The van der Waals surface area contributed by atoms with Crippen LogP contribution in [0.4, 0.5) is 5.82 Å². The van der Waals surface area contributed by atoms with E-state index in [1.165, 1.54) is 23.2 Å². The number of anilines is 1. The van der Waals surface area contributed by atoms with Crippen LogP contribution < -0.4 is 15.8 Å². The van der Waals surface area contributed by atoms with Crippen LogP contribution in [0.2, 0.25) is 0 Å². The minimum atomic E-state index is -0.444. The number of benzene rings is 2. The number of hydrogen-bond acceptors (Lipinski definition) is 9. The van der Waals surface area contributed by atoms with Gasteiger partial charge in [0.2, 0.25) is 17.7 Å². The van der Waals surface area contributed by atoms with E-state index in [0.717, 1.165) is 105 Å². The maximum Gasteiger partial charge on any atom is 0.281 e. The standard InChI is InChI=1S/C46H53BrN8O4/c47-35-5-4-6-37-41(35)43(58)49-45-46(19-2-1-3-20-46)34-13-11-32(27-38(34)55(37)45)30-17-21-52(22-18-30)28-29-7-9-31(10-8-29)44(59)54-25-23-53(24-26-54)39-15-14-36(50-51-39)33-12-16-40(56)48-42(33)57/h4-6,11,13-15,27,29-31,33H,1-3,7-10,12,16-26,28H2,(H,48,56,57). The number of hydrogen-bond donors (Lipinski definition) is 1. The van der Waals surface area contributed by atoms with Gasteiger partial charge in [0.1, 0.15) is 5.82 Å². The number of piperazine rings is 1. The van der Waals surface area contributed by atoms with Crippen molar-refractivity contribution in [2.24, 2.45) is 11.8 Å². The topological polar surface area (TPSA) is 134 Å². The first-order chi connectivity index (χ1) is 28.8. The first kappa shape index (κ1) is 38.7. The molecule has 1 unspecified atom stereocenters. The zero-order valence-electron chi connectivity index (χ0n) is 33.7. The summed E-state index contributed by atoms with van der Waals surface area (Å²) in [7, 11) is 0. The summed E-state index contributed by atoms with van der Waals surface area (Å²) in [6, 6.07) is 17.0. The summed E-state index contributed by atoms with van der Waals surface area (Å²) in [5, 5.41) is 11.8. The number of imide groups is 1. The lowest BCUT2D eigenvalue weighted by Crippen LogP contribution is -2.51. The van der Waals surface area contributed by atoms with Gasteiger partial charge in [0.05, 0.1) is 33.6 Å². The minimum Gasteiger partial charge on any atom is -0.352 e. The van der Waals surface area contributed by atoms with Crippen LogP contribution in [0.15, 0.2) is 57.8 Å². The van der Waals surface area contributed by atoms with E-state index in [4.69, 9.17) is 4.98 Å². The molecule has 1 atom stereocenters. The van der Waals surface area contributed by atoms with Gasteiger partial charge in [0, 0.05) is 49.5 Å². The van der Waals surface area contributed by atoms with Gasteiger partial charge in [-0.2, -0.15) is 10.1 Å². The van der Waals surface area contributed by atoms with Crippen molar-refractivity contribution in [1.29, 1.82) is 0 Å². The molecule has 3 amide bonds. The summed E-state index contributed by atoms with van der Waals surface area (Å²) in [5.41, 5.74) is 5.19. The highest BCUT2D eigenvalue weighted by molar-refractivity contribution is 9.10. The second-order valence-corrected chi connectivity index (χ2v) is 18.9. The molecule has 2 aliphatic carbocycles. The van der Waals surface area contributed by atoms with Crippen molar-refractivity contribution in [3.8, 4) is 5.69 Å². The van der Waals surface area contributed by atoms with Crippen LogP contribution in [0, 0.1) is 11.8 Å². The number of halogens is 1. The molecule has 6 heterocycles. The number of rotatable bonds is 6. The third-order valence-electron chi connectivity index (χ3n) is 14.7. The molecule has 2 aromatic carbocycles. The quantitative estimate of drug-likeness (QED) is 0.220. The maximum absolute atomic E-state index is 13.6. The Balaban J connectivity index is 0.719. The molecule has 1 N–H and O–H groups in total. The molecule has 0 bridgehead atoms. The average molecular weight is 862 g/mol. The van der Waals surface area contributed by atoms with Gasteiger partial charge in [0.25, 0.3) is 5.56 Å². The van der Waals surface area contributed by atoms with Gasteiger partial charge < -0.3 is 14.7 Å². The lowest BCUT2D eigenvalue weighted by Gasteiger charge is -2.39. The van der Waals surface area contributed by atoms with Crippen molar-refractivity contribution in [2.75, 3.05) is 50.7 Å². The van der Waals surface area contributed by atoms with Crippen LogP contribution in [0.3, 0.4) is 0 Å². The van der Waals surface area contributed by atoms with Gasteiger partial charge in [-0.15, -0.1) is 5.10 Å². The SMILES string of the molecule is O=C1CCC(c2ccc(N3CCN(C(=O)C4CCC(CN5CCC(c6ccc7c(c6)-n6c(nc(=O)c8c(Br)cccc86)C76CCCCC6)CC5)CC4)CC3)nn2)C(=O)N1. The third kappa shape index (κ3) is 7.09. The van der Waals surface area contributed by atoms with Crippen molar-refractivity contribution in [1.82, 2.24) is 34.9 Å². The minimum absolute atomic E-state index is 0.111. The summed E-state index contributed by atoms with van der Waals surface area (Å²) in [4.78, 5) is 62.6. The van der Waals surface area contributed by atoms with Crippen LogP contribution in [0.25, 0.3) is 16.6 Å². The lowest BCUT2D eigenvalue weighted by atomic mass is 9.69. The Morgan fingerprint density at radius 3 is 2.34 bits per heavy atom. The van der Waals surface area contributed by atoms with E-state index in [-0.39, 0.29) is 28.7 Å². The largest absolute Gasteiger partial charge is 0.352 e. The van der Waals surface area contributed by atoms with Gasteiger partial charge in [-0.05, 0) is 140 Å². The van der Waals surface area contributed by atoms with Crippen LogP contribution in [-0.2, 0) is 19.8 Å². The summed E-state index contributed by atoms with van der Waals surface area (Å²) in [5.74, 6) is 2.26. The van der Waals surface area contributed by atoms with E-state index in [0.29, 0.717) is 67.8 Å². The third-order valence-corrected chi connectivity index (χ3v) is 15.4. The van der Waals surface area contributed by atoms with Crippen molar-refractivity contribution in [3.63, 3.8) is 0 Å².